The van der Waals surface area contributed by atoms with E-state index in [0.29, 0.717) is 27.5 Å². The third kappa shape index (κ3) is 4.78. The fourth-order valence-electron chi connectivity index (χ4n) is 3.96. The van der Waals surface area contributed by atoms with E-state index >= 15 is 0 Å². The number of hydrogen-bond acceptors (Lipinski definition) is 4. The summed E-state index contributed by atoms with van der Waals surface area (Å²) in [6.45, 7) is 4.03. The predicted octanol–water partition coefficient (Wildman–Crippen LogP) is 5.89. The summed E-state index contributed by atoms with van der Waals surface area (Å²) >= 11 is 5.98. The van der Waals surface area contributed by atoms with Gasteiger partial charge in [-0.2, -0.15) is 0 Å². The number of carbonyl (C=O) groups excluding carboxylic acids is 2. The average Bonchev–Trinajstić information content (AvgIpc) is 3.08. The number of hydrogen-bond donors (Lipinski definition) is 0. The minimum absolute atomic E-state index is 0.0439. The third-order valence-corrected chi connectivity index (χ3v) is 5.89. The third-order valence-electron chi connectivity index (χ3n) is 5.64. The van der Waals surface area contributed by atoms with Crippen LogP contribution in [0, 0.1) is 13.8 Å². The number of aromatic nitrogens is 1. The number of rotatable bonds is 6. The van der Waals surface area contributed by atoms with E-state index in [9.17, 15) is 9.59 Å². The van der Waals surface area contributed by atoms with E-state index in [-0.39, 0.29) is 24.9 Å². The lowest BCUT2D eigenvalue weighted by Crippen LogP contribution is -2.14. The molecule has 0 fully saturated rings. The molecule has 168 valence electrons. The highest BCUT2D eigenvalue weighted by Gasteiger charge is 2.22. The van der Waals surface area contributed by atoms with Crippen LogP contribution >= 0.6 is 11.6 Å². The molecule has 4 aromatic rings. The highest BCUT2D eigenvalue weighted by molar-refractivity contribution is 6.30. The van der Waals surface area contributed by atoms with Crippen LogP contribution < -0.4 is 4.74 Å². The van der Waals surface area contributed by atoms with Gasteiger partial charge in [0.2, 0.25) is 0 Å². The zero-order valence-electron chi connectivity index (χ0n) is 18.7. The zero-order valence-corrected chi connectivity index (χ0v) is 19.5. The quantitative estimate of drug-likeness (QED) is 0.336. The minimum Gasteiger partial charge on any atom is -0.497 e. The van der Waals surface area contributed by atoms with E-state index in [1.165, 1.54) is 0 Å². The first-order valence-corrected chi connectivity index (χ1v) is 10.9. The monoisotopic (exact) mass is 461 g/mol. The van der Waals surface area contributed by atoms with Crippen molar-refractivity contribution in [1.82, 2.24) is 4.57 Å². The molecule has 4 rings (SSSR count). The van der Waals surface area contributed by atoms with Crippen LogP contribution in [0.4, 0.5) is 0 Å². The molecule has 3 aromatic carbocycles. The van der Waals surface area contributed by atoms with Crippen LogP contribution in [0.5, 0.6) is 5.75 Å². The van der Waals surface area contributed by atoms with Gasteiger partial charge in [-0.15, -0.1) is 0 Å². The van der Waals surface area contributed by atoms with E-state index in [2.05, 4.69) is 0 Å². The fourth-order valence-corrected chi connectivity index (χ4v) is 4.08. The van der Waals surface area contributed by atoms with Gasteiger partial charge in [-0.25, -0.2) is 0 Å². The summed E-state index contributed by atoms with van der Waals surface area (Å²) in [6, 6.07) is 20.1. The topological polar surface area (TPSA) is 57.5 Å². The highest BCUT2D eigenvalue weighted by atomic mass is 35.5. The molecule has 5 nitrogen and oxygen atoms in total. The normalized spacial score (nSPS) is 10.9. The van der Waals surface area contributed by atoms with Crippen LogP contribution in [-0.4, -0.2) is 23.6 Å². The number of fused-ring (bicyclic) bond motifs is 1. The van der Waals surface area contributed by atoms with E-state index in [4.69, 9.17) is 21.1 Å². The molecule has 0 radical (unpaired) electrons. The molecule has 0 N–H and O–H groups in total. The molecule has 1 aromatic heterocycles. The molecule has 1 heterocycles. The first kappa shape index (κ1) is 22.6. The van der Waals surface area contributed by atoms with Crippen molar-refractivity contribution in [2.45, 2.75) is 26.9 Å². The van der Waals surface area contributed by atoms with Crippen molar-refractivity contribution in [3.63, 3.8) is 0 Å². The second-order valence-corrected chi connectivity index (χ2v) is 8.36. The maximum Gasteiger partial charge on any atom is 0.310 e. The molecule has 0 atom stereocenters. The van der Waals surface area contributed by atoms with E-state index in [0.717, 1.165) is 22.1 Å². The van der Waals surface area contributed by atoms with E-state index < -0.39 is 0 Å². The van der Waals surface area contributed by atoms with Crippen molar-refractivity contribution in [1.29, 1.82) is 0 Å². The Balaban J connectivity index is 1.68. The van der Waals surface area contributed by atoms with Gasteiger partial charge in [0.1, 0.15) is 12.4 Å². The van der Waals surface area contributed by atoms with Crippen molar-refractivity contribution in [2.24, 2.45) is 0 Å². The Morgan fingerprint density at radius 1 is 0.970 bits per heavy atom. The molecule has 0 aliphatic carbocycles. The van der Waals surface area contributed by atoms with Gasteiger partial charge in [0.25, 0.3) is 5.91 Å². The summed E-state index contributed by atoms with van der Waals surface area (Å²) in [6.07, 6.45) is 0.0439. The van der Waals surface area contributed by atoms with Crippen LogP contribution in [0.15, 0.2) is 66.7 Å². The van der Waals surface area contributed by atoms with Crippen molar-refractivity contribution in [3.8, 4) is 5.75 Å². The van der Waals surface area contributed by atoms with Crippen LogP contribution in [0.2, 0.25) is 5.02 Å². The summed E-state index contributed by atoms with van der Waals surface area (Å²) < 4.78 is 12.5. The number of halogens is 1. The summed E-state index contributed by atoms with van der Waals surface area (Å²) in [5.41, 5.74) is 4.67. The molecule has 33 heavy (non-hydrogen) atoms. The lowest BCUT2D eigenvalue weighted by atomic mass is 10.1. The SMILES string of the molecule is COc1ccc2c(c1)c(CC(=O)OCc1cccc(C)c1)c(C)n2C(=O)c1ccc(Cl)cc1. The molecular formula is C27H24ClNO4. The van der Waals surface area contributed by atoms with Gasteiger partial charge >= 0.3 is 5.97 Å². The van der Waals surface area contributed by atoms with Crippen LogP contribution in [0.1, 0.15) is 32.7 Å². The number of nitrogens with zero attached hydrogens (tertiary/aromatic N) is 1. The Morgan fingerprint density at radius 3 is 2.42 bits per heavy atom. The summed E-state index contributed by atoms with van der Waals surface area (Å²) in [7, 11) is 1.58. The molecule has 6 heteroatoms. The maximum atomic E-state index is 13.4. The summed E-state index contributed by atoms with van der Waals surface area (Å²) in [5.74, 6) is 0.0899. The van der Waals surface area contributed by atoms with Gasteiger partial charge in [-0.05, 0) is 67.4 Å². The molecule has 0 amide bonds. The van der Waals surface area contributed by atoms with Gasteiger partial charge in [0.05, 0.1) is 19.0 Å². The average molecular weight is 462 g/mol. The van der Waals surface area contributed by atoms with Crippen molar-refractivity contribution in [3.05, 3.63) is 99.7 Å². The molecular weight excluding hydrogens is 438 g/mol. The van der Waals surface area contributed by atoms with Crippen molar-refractivity contribution in [2.75, 3.05) is 7.11 Å². The fraction of sp³-hybridized carbons (Fsp3) is 0.185. The maximum absolute atomic E-state index is 13.4. The van der Waals surface area contributed by atoms with Crippen molar-refractivity contribution >= 4 is 34.4 Å². The molecule has 0 aliphatic heterocycles. The zero-order chi connectivity index (χ0) is 23.5. The second-order valence-electron chi connectivity index (χ2n) is 7.92. The molecule has 0 aliphatic rings. The Labute approximate surface area is 197 Å². The summed E-state index contributed by atoms with van der Waals surface area (Å²) in [5, 5.41) is 1.34. The Morgan fingerprint density at radius 2 is 1.73 bits per heavy atom. The summed E-state index contributed by atoms with van der Waals surface area (Å²) in [4.78, 5) is 26.1. The first-order valence-electron chi connectivity index (χ1n) is 10.6. The van der Waals surface area contributed by atoms with Gasteiger partial charge in [0, 0.05) is 21.7 Å². The molecule has 0 saturated carbocycles. The standard InChI is InChI=1S/C27H24ClNO4/c1-17-5-4-6-19(13-17)16-33-26(30)15-23-18(2)29(25-12-11-22(32-3)14-24(23)25)27(31)20-7-9-21(28)10-8-20/h4-14H,15-16H2,1-3H3. The Bertz CT molecular complexity index is 1340. The van der Waals surface area contributed by atoms with E-state index in [1.54, 1.807) is 42.0 Å². The van der Waals surface area contributed by atoms with Crippen molar-refractivity contribution < 1.29 is 19.1 Å². The number of methoxy groups -OCH3 is 1. The number of esters is 1. The largest absolute Gasteiger partial charge is 0.497 e. The molecule has 0 saturated heterocycles. The van der Waals surface area contributed by atoms with Crippen LogP contribution in [-0.2, 0) is 22.6 Å². The lowest BCUT2D eigenvalue weighted by Gasteiger charge is -2.08. The number of carbonyl (C=O) groups is 2. The lowest BCUT2D eigenvalue weighted by molar-refractivity contribution is -0.144. The number of ether oxygens (including phenoxy) is 2. The van der Waals surface area contributed by atoms with Gasteiger partial charge in [0.15, 0.2) is 0 Å². The van der Waals surface area contributed by atoms with Crippen LogP contribution in [0.25, 0.3) is 10.9 Å². The first-order chi connectivity index (χ1) is 15.9. The van der Waals surface area contributed by atoms with Gasteiger partial charge in [-0.1, -0.05) is 41.4 Å². The number of aryl methyl sites for hydroxylation is 1. The minimum atomic E-state index is -0.361. The molecule has 0 unspecified atom stereocenters. The molecule has 0 bridgehead atoms. The van der Waals surface area contributed by atoms with Gasteiger partial charge in [-0.3, -0.25) is 14.2 Å². The Kier molecular flexibility index (Phi) is 6.52. The predicted molar refractivity (Wildman–Crippen MR) is 129 cm³/mol. The molecule has 0 spiro atoms. The smallest absolute Gasteiger partial charge is 0.310 e. The van der Waals surface area contributed by atoms with E-state index in [1.807, 2.05) is 50.2 Å². The second kappa shape index (κ2) is 9.51. The van der Waals surface area contributed by atoms with Crippen LogP contribution in [0.3, 0.4) is 0 Å². The van der Waals surface area contributed by atoms with Gasteiger partial charge < -0.3 is 9.47 Å². The number of benzene rings is 3. The Hall–Kier alpha value is -3.57. The highest BCUT2D eigenvalue weighted by Crippen LogP contribution is 2.31.